The Morgan fingerprint density at radius 1 is 1.50 bits per heavy atom. The molecule has 0 aliphatic rings. The van der Waals surface area contributed by atoms with E-state index in [9.17, 15) is 4.79 Å². The zero-order valence-electron chi connectivity index (χ0n) is 7.94. The molecule has 0 radical (unpaired) electrons. The summed E-state index contributed by atoms with van der Waals surface area (Å²) in [6.45, 7) is 6.96. The number of amides is 1. The molecule has 0 fully saturated rings. The molecular weight excluding hydrogens is 218 g/mol. The van der Waals surface area contributed by atoms with E-state index in [-0.39, 0.29) is 11.3 Å². The largest absolute Gasteiger partial charge is 0.334 e. The van der Waals surface area contributed by atoms with Gasteiger partial charge in [0.15, 0.2) is 0 Å². The van der Waals surface area contributed by atoms with Crippen molar-refractivity contribution < 1.29 is 4.79 Å². The summed E-state index contributed by atoms with van der Waals surface area (Å²) in [6, 6.07) is 0. The van der Waals surface area contributed by atoms with Crippen molar-refractivity contribution in [3.05, 3.63) is 0 Å². The van der Waals surface area contributed by atoms with E-state index in [1.54, 1.807) is 11.9 Å². The summed E-state index contributed by atoms with van der Waals surface area (Å²) in [6.07, 6.45) is 0. The zero-order chi connectivity index (χ0) is 9.78. The molecule has 0 saturated carbocycles. The Morgan fingerprint density at radius 3 is 2.33 bits per heavy atom. The number of rotatable bonds is 1. The summed E-state index contributed by atoms with van der Waals surface area (Å²) in [7, 11) is 1.75. The Balaban J connectivity index is 4.11. The molecule has 0 spiro atoms. The Labute approximate surface area is 82.4 Å². The van der Waals surface area contributed by atoms with Gasteiger partial charge in [0.2, 0.25) is 0 Å². The first-order valence-corrected chi connectivity index (χ1v) is 4.53. The molecule has 0 aliphatic carbocycles. The van der Waals surface area contributed by atoms with Crippen LogP contribution in [0.2, 0.25) is 0 Å². The Hall–Kier alpha value is -0.490. The summed E-state index contributed by atoms with van der Waals surface area (Å²) < 4.78 is 0. The van der Waals surface area contributed by atoms with Crippen molar-refractivity contribution in [1.29, 1.82) is 0 Å². The average Bonchev–Trinajstić information content (AvgIpc) is 1.84. The predicted molar refractivity (Wildman–Crippen MR) is 53.8 cm³/mol. The van der Waals surface area contributed by atoms with Crippen molar-refractivity contribution in [3.8, 4) is 10.8 Å². The monoisotopic (exact) mass is 231 g/mol. The summed E-state index contributed by atoms with van der Waals surface area (Å²) >= 11 is 2.89. The van der Waals surface area contributed by atoms with E-state index in [4.69, 9.17) is 0 Å². The second kappa shape index (κ2) is 4.51. The lowest BCUT2D eigenvalue weighted by molar-refractivity contribution is -0.124. The lowest BCUT2D eigenvalue weighted by Gasteiger charge is -2.24. The molecule has 0 aliphatic heterocycles. The maximum absolute atomic E-state index is 11.1. The zero-order valence-corrected chi connectivity index (χ0v) is 9.53. The van der Waals surface area contributed by atoms with Crippen molar-refractivity contribution in [2.45, 2.75) is 20.8 Å². The maximum Gasteiger partial charge on any atom is 0.299 e. The van der Waals surface area contributed by atoms with Crippen LogP contribution in [0.4, 0.5) is 0 Å². The fourth-order valence-electron chi connectivity index (χ4n) is 0.919. The van der Waals surface area contributed by atoms with Crippen molar-refractivity contribution in [2.75, 3.05) is 13.6 Å². The molecule has 3 heteroatoms. The molecule has 0 unspecified atom stereocenters. The molecule has 68 valence electrons. The molecule has 0 saturated heterocycles. The fraction of sp³-hybridized carbons (Fsp3) is 0.667. The minimum Gasteiger partial charge on any atom is -0.334 e. The van der Waals surface area contributed by atoms with Gasteiger partial charge in [0, 0.05) is 35.4 Å². The molecule has 0 rings (SSSR count). The first-order valence-electron chi connectivity index (χ1n) is 3.73. The van der Waals surface area contributed by atoms with E-state index in [1.807, 2.05) is 0 Å². The van der Waals surface area contributed by atoms with Gasteiger partial charge in [-0.1, -0.05) is 20.8 Å². The minimum atomic E-state index is -0.151. The van der Waals surface area contributed by atoms with Crippen LogP contribution in [0.3, 0.4) is 0 Å². The van der Waals surface area contributed by atoms with E-state index in [0.29, 0.717) is 6.54 Å². The molecule has 0 aromatic heterocycles. The molecule has 0 bridgehead atoms. The number of carbonyl (C=O) groups is 1. The van der Waals surface area contributed by atoms with Crippen molar-refractivity contribution in [2.24, 2.45) is 5.41 Å². The van der Waals surface area contributed by atoms with Crippen LogP contribution in [-0.2, 0) is 4.79 Å². The van der Waals surface area contributed by atoms with Crippen LogP contribution in [0.5, 0.6) is 0 Å². The second-order valence-electron chi connectivity index (χ2n) is 3.94. The van der Waals surface area contributed by atoms with Gasteiger partial charge in [0.1, 0.15) is 0 Å². The number of nitrogens with zero attached hydrogens (tertiary/aromatic N) is 1. The average molecular weight is 232 g/mol. The third kappa shape index (κ3) is 5.20. The molecule has 0 aromatic carbocycles. The maximum atomic E-state index is 11.1. The van der Waals surface area contributed by atoms with Crippen LogP contribution in [0.25, 0.3) is 0 Å². The molecular formula is C9H14BrNO. The fourth-order valence-corrected chi connectivity index (χ4v) is 1.09. The molecule has 1 amide bonds. The normalized spacial score (nSPS) is 10.1. The Kier molecular flexibility index (Phi) is 4.33. The van der Waals surface area contributed by atoms with E-state index in [0.717, 1.165) is 0 Å². The van der Waals surface area contributed by atoms with Gasteiger partial charge in [-0.3, -0.25) is 4.79 Å². The van der Waals surface area contributed by atoms with Crippen LogP contribution in [-0.4, -0.2) is 24.4 Å². The number of hydrogen-bond donors (Lipinski definition) is 0. The summed E-state index contributed by atoms with van der Waals surface area (Å²) in [5, 5.41) is 0. The molecule has 12 heavy (non-hydrogen) atoms. The van der Waals surface area contributed by atoms with Gasteiger partial charge in [0.05, 0.1) is 0 Å². The van der Waals surface area contributed by atoms with E-state index < -0.39 is 0 Å². The number of carbonyl (C=O) groups excluding carboxylic acids is 1. The lowest BCUT2D eigenvalue weighted by Crippen LogP contribution is -2.33. The summed E-state index contributed by atoms with van der Waals surface area (Å²) in [5.41, 5.74) is 0.123. The predicted octanol–water partition coefficient (Wildman–Crippen LogP) is 1.85. The van der Waals surface area contributed by atoms with Crippen molar-refractivity contribution >= 4 is 21.8 Å². The minimum absolute atomic E-state index is 0.123. The Morgan fingerprint density at radius 2 is 2.00 bits per heavy atom. The van der Waals surface area contributed by atoms with Crippen molar-refractivity contribution in [3.63, 3.8) is 0 Å². The quantitative estimate of drug-likeness (QED) is 0.632. The first-order chi connectivity index (χ1) is 5.37. The van der Waals surface area contributed by atoms with E-state index >= 15 is 0 Å². The number of hydrogen-bond acceptors (Lipinski definition) is 1. The second-order valence-corrected chi connectivity index (χ2v) is 4.34. The summed E-state index contributed by atoms with van der Waals surface area (Å²) in [5.74, 6) is 2.27. The van der Waals surface area contributed by atoms with Crippen LogP contribution in [0, 0.1) is 16.2 Å². The molecule has 0 N–H and O–H groups in total. The van der Waals surface area contributed by atoms with Gasteiger partial charge in [-0.2, -0.15) is 0 Å². The third-order valence-corrected chi connectivity index (χ3v) is 1.41. The van der Waals surface area contributed by atoms with Crippen molar-refractivity contribution in [1.82, 2.24) is 4.90 Å². The molecule has 0 heterocycles. The highest BCUT2D eigenvalue weighted by Crippen LogP contribution is 2.13. The number of halogens is 1. The van der Waals surface area contributed by atoms with E-state index in [1.165, 1.54) is 0 Å². The summed E-state index contributed by atoms with van der Waals surface area (Å²) in [4.78, 5) is 15.2. The highest BCUT2D eigenvalue weighted by molar-refractivity contribution is 9.12. The molecule has 2 nitrogen and oxygen atoms in total. The first kappa shape index (κ1) is 11.5. The third-order valence-electron chi connectivity index (χ3n) is 1.21. The smallest absolute Gasteiger partial charge is 0.299 e. The van der Waals surface area contributed by atoms with E-state index in [2.05, 4.69) is 47.5 Å². The Bertz CT molecular complexity index is 219. The van der Waals surface area contributed by atoms with Gasteiger partial charge in [-0.15, -0.1) is 0 Å². The lowest BCUT2D eigenvalue weighted by atomic mass is 9.96. The van der Waals surface area contributed by atoms with Crippen LogP contribution < -0.4 is 0 Å². The molecule has 0 atom stereocenters. The highest BCUT2D eigenvalue weighted by Gasteiger charge is 2.15. The highest BCUT2D eigenvalue weighted by atomic mass is 79.9. The van der Waals surface area contributed by atoms with Gasteiger partial charge >= 0.3 is 0 Å². The van der Waals surface area contributed by atoms with Crippen LogP contribution in [0.15, 0.2) is 0 Å². The van der Waals surface area contributed by atoms with Crippen LogP contribution >= 0.6 is 15.9 Å². The van der Waals surface area contributed by atoms with Gasteiger partial charge in [-0.05, 0) is 10.2 Å². The topological polar surface area (TPSA) is 20.3 Å². The standard InChI is InChI=1S/C9H14BrNO/c1-9(2,3)7-11(4)8(12)5-6-10/h7H2,1-4H3. The van der Waals surface area contributed by atoms with Gasteiger partial charge in [0.25, 0.3) is 5.91 Å². The van der Waals surface area contributed by atoms with Gasteiger partial charge < -0.3 is 4.90 Å². The van der Waals surface area contributed by atoms with Gasteiger partial charge in [-0.25, -0.2) is 0 Å². The SMILES string of the molecule is CN(CC(C)(C)C)C(=O)C#CBr. The molecule has 0 aromatic rings. The van der Waals surface area contributed by atoms with Crippen LogP contribution in [0.1, 0.15) is 20.8 Å².